The average molecular weight is 243 g/mol. The van der Waals surface area contributed by atoms with Gasteiger partial charge in [-0.3, -0.25) is 9.80 Å². The van der Waals surface area contributed by atoms with Gasteiger partial charge in [0, 0.05) is 44.9 Å². The minimum atomic E-state index is 0.499. The highest BCUT2D eigenvalue weighted by atomic mass is 16.5. The summed E-state index contributed by atoms with van der Waals surface area (Å²) in [5, 5.41) is 3.44. The molecule has 3 atom stereocenters. The molecule has 4 heteroatoms. The summed E-state index contributed by atoms with van der Waals surface area (Å²) in [7, 11) is 4.02. The van der Waals surface area contributed by atoms with Gasteiger partial charge in [0.15, 0.2) is 0 Å². The highest BCUT2D eigenvalue weighted by Crippen LogP contribution is 2.15. The molecule has 1 N–H and O–H groups in total. The summed E-state index contributed by atoms with van der Waals surface area (Å²) < 4.78 is 5.36. The van der Waals surface area contributed by atoms with E-state index in [4.69, 9.17) is 4.74 Å². The lowest BCUT2D eigenvalue weighted by Gasteiger charge is -2.45. The van der Waals surface area contributed by atoms with Crippen molar-refractivity contribution in [2.75, 3.05) is 46.9 Å². The zero-order valence-electron chi connectivity index (χ0n) is 12.1. The van der Waals surface area contributed by atoms with Crippen LogP contribution in [0.15, 0.2) is 0 Å². The number of likely N-dealkylation sites (N-methyl/N-ethyl adjacent to an activating group) is 2. The predicted octanol–water partition coefficient (Wildman–Crippen LogP) is 0.635. The predicted molar refractivity (Wildman–Crippen MR) is 72.5 cm³/mol. The van der Waals surface area contributed by atoms with Crippen LogP contribution in [0, 0.1) is 0 Å². The first-order valence-corrected chi connectivity index (χ1v) is 6.75. The van der Waals surface area contributed by atoms with Crippen molar-refractivity contribution in [2.45, 2.75) is 38.9 Å². The molecule has 17 heavy (non-hydrogen) atoms. The molecule has 0 aromatic carbocycles. The van der Waals surface area contributed by atoms with Gasteiger partial charge in [0.1, 0.15) is 0 Å². The average Bonchev–Trinajstić information content (AvgIpc) is 2.31. The molecule has 4 nitrogen and oxygen atoms in total. The number of rotatable bonds is 6. The Morgan fingerprint density at radius 2 is 1.88 bits per heavy atom. The fraction of sp³-hybridized carbons (Fsp3) is 1.00. The third kappa shape index (κ3) is 4.21. The van der Waals surface area contributed by atoms with Crippen LogP contribution in [0.25, 0.3) is 0 Å². The quantitative estimate of drug-likeness (QED) is 0.741. The SMILES string of the molecule is CCNCC(COC)N1CC(C)N(C)C(C)C1. The summed E-state index contributed by atoms with van der Waals surface area (Å²) in [5.74, 6) is 0. The van der Waals surface area contributed by atoms with Crippen molar-refractivity contribution in [1.29, 1.82) is 0 Å². The summed E-state index contributed by atoms with van der Waals surface area (Å²) in [6, 6.07) is 1.75. The van der Waals surface area contributed by atoms with Gasteiger partial charge in [0.25, 0.3) is 0 Å². The Hall–Kier alpha value is -0.160. The second-order valence-corrected chi connectivity index (χ2v) is 5.23. The molecule has 1 aliphatic rings. The van der Waals surface area contributed by atoms with E-state index in [2.05, 4.69) is 42.9 Å². The Bertz CT molecular complexity index is 201. The third-order valence-corrected chi connectivity index (χ3v) is 3.89. The van der Waals surface area contributed by atoms with E-state index in [1.54, 1.807) is 7.11 Å². The fourth-order valence-electron chi connectivity index (χ4n) is 2.54. The maximum Gasteiger partial charge on any atom is 0.0630 e. The van der Waals surface area contributed by atoms with Crippen LogP contribution < -0.4 is 5.32 Å². The van der Waals surface area contributed by atoms with Gasteiger partial charge in [-0.2, -0.15) is 0 Å². The van der Waals surface area contributed by atoms with Gasteiger partial charge in [-0.05, 0) is 27.4 Å². The van der Waals surface area contributed by atoms with Gasteiger partial charge >= 0.3 is 0 Å². The second-order valence-electron chi connectivity index (χ2n) is 5.23. The molecular formula is C13H29N3O. The van der Waals surface area contributed by atoms with Crippen molar-refractivity contribution in [2.24, 2.45) is 0 Å². The molecule has 102 valence electrons. The van der Waals surface area contributed by atoms with Crippen LogP contribution in [0.2, 0.25) is 0 Å². The van der Waals surface area contributed by atoms with Gasteiger partial charge < -0.3 is 10.1 Å². The Kier molecular flexibility index (Phi) is 6.41. The highest BCUT2D eigenvalue weighted by Gasteiger charge is 2.30. The number of ether oxygens (including phenoxy) is 1. The molecule has 0 aromatic rings. The van der Waals surface area contributed by atoms with E-state index in [0.29, 0.717) is 18.1 Å². The molecule has 0 aromatic heterocycles. The van der Waals surface area contributed by atoms with E-state index in [9.17, 15) is 0 Å². The minimum Gasteiger partial charge on any atom is -0.383 e. The Morgan fingerprint density at radius 1 is 1.29 bits per heavy atom. The molecule has 0 saturated carbocycles. The Balaban J connectivity index is 2.54. The summed E-state index contributed by atoms with van der Waals surface area (Å²) in [5.41, 5.74) is 0. The second kappa shape index (κ2) is 7.31. The molecule has 1 aliphatic heterocycles. The molecule has 0 amide bonds. The molecule has 1 saturated heterocycles. The highest BCUT2D eigenvalue weighted by molar-refractivity contribution is 4.87. The van der Waals surface area contributed by atoms with Crippen molar-refractivity contribution in [3.8, 4) is 0 Å². The topological polar surface area (TPSA) is 27.7 Å². The lowest BCUT2D eigenvalue weighted by molar-refractivity contribution is 0.00853. The van der Waals surface area contributed by atoms with Crippen LogP contribution in [0.4, 0.5) is 0 Å². The number of hydrogen-bond donors (Lipinski definition) is 1. The number of nitrogens with one attached hydrogen (secondary N) is 1. The molecule has 0 bridgehead atoms. The summed E-state index contributed by atoms with van der Waals surface area (Å²) in [6.45, 7) is 11.9. The zero-order valence-corrected chi connectivity index (χ0v) is 12.1. The summed E-state index contributed by atoms with van der Waals surface area (Å²) >= 11 is 0. The first-order chi connectivity index (χ1) is 8.10. The van der Waals surface area contributed by atoms with Crippen LogP contribution in [-0.2, 0) is 4.74 Å². The zero-order chi connectivity index (χ0) is 12.8. The van der Waals surface area contributed by atoms with Crippen molar-refractivity contribution in [3.05, 3.63) is 0 Å². The summed E-state index contributed by atoms with van der Waals surface area (Å²) in [6.07, 6.45) is 0. The van der Waals surface area contributed by atoms with E-state index in [-0.39, 0.29) is 0 Å². The standard InChI is InChI=1S/C13H29N3O/c1-6-14-7-13(10-17-5)16-8-11(2)15(4)12(3)9-16/h11-14H,6-10H2,1-5H3. The molecule has 1 heterocycles. The number of piperazine rings is 1. The van der Waals surface area contributed by atoms with Crippen LogP contribution in [0.1, 0.15) is 20.8 Å². The fourth-order valence-corrected chi connectivity index (χ4v) is 2.54. The number of methoxy groups -OCH3 is 1. The molecule has 1 fully saturated rings. The van der Waals surface area contributed by atoms with Crippen molar-refractivity contribution in [1.82, 2.24) is 15.1 Å². The summed E-state index contributed by atoms with van der Waals surface area (Å²) in [4.78, 5) is 5.04. The lowest BCUT2D eigenvalue weighted by Crippen LogP contribution is -2.59. The van der Waals surface area contributed by atoms with Gasteiger partial charge in [0.05, 0.1) is 6.61 Å². The van der Waals surface area contributed by atoms with E-state index >= 15 is 0 Å². The first kappa shape index (κ1) is 14.9. The molecule has 3 unspecified atom stereocenters. The minimum absolute atomic E-state index is 0.499. The monoisotopic (exact) mass is 243 g/mol. The molecule has 1 rings (SSSR count). The van der Waals surface area contributed by atoms with Gasteiger partial charge in [-0.1, -0.05) is 6.92 Å². The van der Waals surface area contributed by atoms with Crippen LogP contribution in [0.3, 0.4) is 0 Å². The maximum absolute atomic E-state index is 5.36. The molecule has 0 spiro atoms. The smallest absolute Gasteiger partial charge is 0.0630 e. The van der Waals surface area contributed by atoms with Crippen LogP contribution in [0.5, 0.6) is 0 Å². The number of nitrogens with zero attached hydrogens (tertiary/aromatic N) is 2. The normalized spacial score (nSPS) is 29.5. The van der Waals surface area contributed by atoms with E-state index < -0.39 is 0 Å². The van der Waals surface area contributed by atoms with E-state index in [1.165, 1.54) is 0 Å². The number of hydrogen-bond acceptors (Lipinski definition) is 4. The first-order valence-electron chi connectivity index (χ1n) is 6.75. The lowest BCUT2D eigenvalue weighted by atomic mass is 10.1. The van der Waals surface area contributed by atoms with Crippen molar-refractivity contribution >= 4 is 0 Å². The van der Waals surface area contributed by atoms with Gasteiger partial charge in [-0.15, -0.1) is 0 Å². The maximum atomic E-state index is 5.36. The molecule has 0 aliphatic carbocycles. The third-order valence-electron chi connectivity index (χ3n) is 3.89. The largest absolute Gasteiger partial charge is 0.383 e. The molecular weight excluding hydrogens is 214 g/mol. The Morgan fingerprint density at radius 3 is 2.35 bits per heavy atom. The van der Waals surface area contributed by atoms with Gasteiger partial charge in [-0.25, -0.2) is 0 Å². The van der Waals surface area contributed by atoms with Gasteiger partial charge in [0.2, 0.25) is 0 Å². The van der Waals surface area contributed by atoms with E-state index in [0.717, 1.165) is 32.8 Å². The van der Waals surface area contributed by atoms with Crippen LogP contribution in [-0.4, -0.2) is 74.9 Å². The molecule has 0 radical (unpaired) electrons. The van der Waals surface area contributed by atoms with Crippen LogP contribution >= 0.6 is 0 Å². The van der Waals surface area contributed by atoms with Crippen molar-refractivity contribution in [3.63, 3.8) is 0 Å². The van der Waals surface area contributed by atoms with E-state index in [1.807, 2.05) is 0 Å². The van der Waals surface area contributed by atoms with Crippen molar-refractivity contribution < 1.29 is 4.74 Å². The Labute approximate surface area is 106 Å².